The summed E-state index contributed by atoms with van der Waals surface area (Å²) in [4.78, 5) is 5.21. The number of aromatic amines is 1. The molecule has 0 amide bonds. The summed E-state index contributed by atoms with van der Waals surface area (Å²) in [7, 11) is 0. The highest BCUT2D eigenvalue weighted by Gasteiger charge is 2.00. The molecule has 1 aromatic carbocycles. The lowest BCUT2D eigenvalue weighted by atomic mass is 10.4. The summed E-state index contributed by atoms with van der Waals surface area (Å²) in [6.07, 6.45) is 0. The van der Waals surface area contributed by atoms with E-state index in [0.29, 0.717) is 0 Å². The lowest BCUT2D eigenvalue weighted by molar-refractivity contribution is 1.02. The Balaban J connectivity index is 1.95. The number of benzene rings is 1. The van der Waals surface area contributed by atoms with Crippen LogP contribution in [0, 0.1) is 0 Å². The summed E-state index contributed by atoms with van der Waals surface area (Å²) in [6.45, 7) is 0. The number of H-pyrrole nitrogens is 1. The van der Waals surface area contributed by atoms with Gasteiger partial charge in [0, 0.05) is 4.90 Å². The number of hydrogen-bond donors (Lipinski definition) is 1. The maximum absolute atomic E-state index is 5.58. The van der Waals surface area contributed by atoms with Crippen molar-refractivity contribution < 1.29 is 0 Å². The molecule has 0 spiro atoms. The number of thioether (sulfide) groups is 1. The van der Waals surface area contributed by atoms with E-state index < -0.39 is 0 Å². The largest absolute Gasteiger partial charge is 0.261 e. The molecule has 0 bridgehead atoms. The summed E-state index contributed by atoms with van der Waals surface area (Å²) in [5.74, 6) is 1.55. The predicted molar refractivity (Wildman–Crippen MR) is 57.4 cm³/mol. The van der Waals surface area contributed by atoms with Crippen molar-refractivity contribution in [2.24, 2.45) is 0 Å². The van der Waals surface area contributed by atoms with Crippen LogP contribution in [-0.4, -0.2) is 15.2 Å². The average Bonchev–Trinajstić information content (AvgIpc) is 2.63. The van der Waals surface area contributed by atoms with Crippen LogP contribution in [0.1, 0.15) is 5.82 Å². The van der Waals surface area contributed by atoms with Gasteiger partial charge in [-0.2, -0.15) is 0 Å². The lowest BCUT2D eigenvalue weighted by Gasteiger charge is -1.96. The van der Waals surface area contributed by atoms with Crippen LogP contribution in [0.5, 0.6) is 0 Å². The molecule has 0 radical (unpaired) electrons. The Labute approximate surface area is 90.9 Å². The van der Waals surface area contributed by atoms with Gasteiger partial charge < -0.3 is 0 Å². The third-order valence-corrected chi connectivity index (χ3v) is 2.82. The number of nitrogens with one attached hydrogen (secondary N) is 1. The smallest absolute Gasteiger partial charge is 0.242 e. The Morgan fingerprint density at radius 1 is 1.29 bits per heavy atom. The molecule has 0 atom stereocenters. The van der Waals surface area contributed by atoms with E-state index in [-0.39, 0.29) is 5.28 Å². The van der Waals surface area contributed by atoms with Crippen molar-refractivity contribution in [2.45, 2.75) is 10.6 Å². The molecule has 14 heavy (non-hydrogen) atoms. The molecular weight excluding hydrogens is 218 g/mol. The number of aromatic nitrogens is 3. The molecule has 3 nitrogen and oxygen atoms in total. The van der Waals surface area contributed by atoms with E-state index in [1.54, 1.807) is 11.8 Å². The van der Waals surface area contributed by atoms with Gasteiger partial charge in [-0.25, -0.2) is 4.98 Å². The molecule has 1 heterocycles. The quantitative estimate of drug-likeness (QED) is 0.817. The van der Waals surface area contributed by atoms with Crippen molar-refractivity contribution in [3.8, 4) is 0 Å². The molecule has 1 N–H and O–H groups in total. The van der Waals surface area contributed by atoms with Gasteiger partial charge in [-0.15, -0.1) is 16.9 Å². The number of hydrogen-bond acceptors (Lipinski definition) is 3. The molecule has 0 saturated carbocycles. The van der Waals surface area contributed by atoms with E-state index in [1.165, 1.54) is 4.90 Å². The lowest BCUT2D eigenvalue weighted by Crippen LogP contribution is -1.83. The Kier molecular flexibility index (Phi) is 3.06. The van der Waals surface area contributed by atoms with Crippen LogP contribution in [0.3, 0.4) is 0 Å². The maximum atomic E-state index is 5.58. The Hall–Kier alpha value is -1.00. The maximum Gasteiger partial charge on any atom is 0.242 e. The van der Waals surface area contributed by atoms with Crippen molar-refractivity contribution in [3.63, 3.8) is 0 Å². The van der Waals surface area contributed by atoms with Gasteiger partial charge in [-0.05, 0) is 23.7 Å². The molecule has 0 aliphatic heterocycles. The SMILES string of the molecule is Clc1n[nH]c(CSc2ccccc2)n1. The highest BCUT2D eigenvalue weighted by Crippen LogP contribution is 2.20. The Bertz CT molecular complexity index is 401. The highest BCUT2D eigenvalue weighted by molar-refractivity contribution is 7.98. The molecule has 72 valence electrons. The van der Waals surface area contributed by atoms with E-state index in [0.717, 1.165) is 11.6 Å². The van der Waals surface area contributed by atoms with E-state index in [4.69, 9.17) is 11.6 Å². The fourth-order valence-electron chi connectivity index (χ4n) is 1.00. The molecule has 2 rings (SSSR count). The second-order valence-corrected chi connectivity index (χ2v) is 4.04. The average molecular weight is 226 g/mol. The zero-order valence-electron chi connectivity index (χ0n) is 7.27. The molecule has 0 aliphatic rings. The molecular formula is C9H8ClN3S. The first-order valence-electron chi connectivity index (χ1n) is 4.09. The van der Waals surface area contributed by atoms with Crippen molar-refractivity contribution >= 4 is 23.4 Å². The van der Waals surface area contributed by atoms with Gasteiger partial charge in [-0.1, -0.05) is 18.2 Å². The van der Waals surface area contributed by atoms with Crippen molar-refractivity contribution in [2.75, 3.05) is 0 Å². The number of rotatable bonds is 3. The van der Waals surface area contributed by atoms with E-state index in [2.05, 4.69) is 27.3 Å². The van der Waals surface area contributed by atoms with Gasteiger partial charge in [0.25, 0.3) is 0 Å². The van der Waals surface area contributed by atoms with Crippen LogP contribution >= 0.6 is 23.4 Å². The van der Waals surface area contributed by atoms with Crippen LogP contribution in [0.15, 0.2) is 35.2 Å². The number of nitrogens with zero attached hydrogens (tertiary/aromatic N) is 2. The van der Waals surface area contributed by atoms with Crippen molar-refractivity contribution in [1.82, 2.24) is 15.2 Å². The highest BCUT2D eigenvalue weighted by atomic mass is 35.5. The van der Waals surface area contributed by atoms with Crippen LogP contribution in [0.4, 0.5) is 0 Å². The minimum Gasteiger partial charge on any atom is -0.261 e. The molecule has 0 aliphatic carbocycles. The zero-order valence-corrected chi connectivity index (χ0v) is 8.85. The first kappa shape index (κ1) is 9.55. The second kappa shape index (κ2) is 4.48. The predicted octanol–water partition coefficient (Wildman–Crippen LogP) is 2.75. The van der Waals surface area contributed by atoms with Gasteiger partial charge in [0.2, 0.25) is 5.28 Å². The fraction of sp³-hybridized carbons (Fsp3) is 0.111. The summed E-state index contributed by atoms with van der Waals surface area (Å²) in [6, 6.07) is 10.1. The Morgan fingerprint density at radius 3 is 2.71 bits per heavy atom. The van der Waals surface area contributed by atoms with Crippen LogP contribution in [-0.2, 0) is 5.75 Å². The standard InChI is InChI=1S/C9H8ClN3S/c10-9-11-8(12-13-9)6-14-7-4-2-1-3-5-7/h1-5H,6H2,(H,11,12,13). The van der Waals surface area contributed by atoms with Crippen LogP contribution in [0.2, 0.25) is 5.28 Å². The summed E-state index contributed by atoms with van der Waals surface area (Å²) in [5, 5.41) is 6.78. The zero-order chi connectivity index (χ0) is 9.80. The van der Waals surface area contributed by atoms with Crippen LogP contribution in [0.25, 0.3) is 0 Å². The molecule has 2 aromatic rings. The van der Waals surface area contributed by atoms with Gasteiger partial charge in [-0.3, -0.25) is 5.10 Å². The first-order valence-corrected chi connectivity index (χ1v) is 5.45. The fourth-order valence-corrected chi connectivity index (χ4v) is 1.93. The van der Waals surface area contributed by atoms with E-state index >= 15 is 0 Å². The molecule has 0 fully saturated rings. The Morgan fingerprint density at radius 2 is 2.07 bits per heavy atom. The van der Waals surface area contributed by atoms with Gasteiger partial charge in [0.15, 0.2) is 0 Å². The van der Waals surface area contributed by atoms with E-state index in [9.17, 15) is 0 Å². The van der Waals surface area contributed by atoms with Crippen LogP contribution < -0.4 is 0 Å². The van der Waals surface area contributed by atoms with Crippen molar-refractivity contribution in [3.05, 3.63) is 41.4 Å². The summed E-state index contributed by atoms with van der Waals surface area (Å²) >= 11 is 7.27. The molecule has 0 unspecified atom stereocenters. The van der Waals surface area contributed by atoms with Gasteiger partial charge in [0.1, 0.15) is 5.82 Å². The number of halogens is 1. The summed E-state index contributed by atoms with van der Waals surface area (Å²) in [5.41, 5.74) is 0. The molecule has 5 heteroatoms. The van der Waals surface area contributed by atoms with Gasteiger partial charge >= 0.3 is 0 Å². The summed E-state index contributed by atoms with van der Waals surface area (Å²) < 4.78 is 0. The minimum atomic E-state index is 0.272. The first-order chi connectivity index (χ1) is 6.84. The minimum absolute atomic E-state index is 0.272. The topological polar surface area (TPSA) is 41.6 Å². The molecule has 0 saturated heterocycles. The van der Waals surface area contributed by atoms with E-state index in [1.807, 2.05) is 18.2 Å². The monoisotopic (exact) mass is 225 g/mol. The normalized spacial score (nSPS) is 10.4. The van der Waals surface area contributed by atoms with Gasteiger partial charge in [0.05, 0.1) is 5.75 Å². The third kappa shape index (κ3) is 2.49. The molecule has 1 aromatic heterocycles. The second-order valence-electron chi connectivity index (χ2n) is 2.65. The third-order valence-electron chi connectivity index (χ3n) is 1.62. The van der Waals surface area contributed by atoms with Crippen molar-refractivity contribution in [1.29, 1.82) is 0 Å².